The van der Waals surface area contributed by atoms with Crippen molar-refractivity contribution in [3.05, 3.63) is 12.2 Å². The Morgan fingerprint density at radius 3 is 2.00 bits per heavy atom. The molecule has 0 spiro atoms. The number of quaternary nitrogens is 1. The molecule has 0 aromatic heterocycles. The highest BCUT2D eigenvalue weighted by Gasteiger charge is 2.42. The van der Waals surface area contributed by atoms with Crippen molar-refractivity contribution in [1.29, 1.82) is 0 Å². The molecule has 1 aliphatic rings. The van der Waals surface area contributed by atoms with Gasteiger partial charge in [0.15, 0.2) is 12.3 Å². The van der Waals surface area contributed by atoms with E-state index in [1.807, 2.05) is 0 Å². The van der Waals surface area contributed by atoms with Crippen LogP contribution >= 0.6 is 0 Å². The lowest BCUT2D eigenvalue weighted by Crippen LogP contribution is -2.63. The lowest BCUT2D eigenvalue weighted by Gasteiger charge is -2.42. The third kappa shape index (κ3) is 11.6. The monoisotopic (exact) mass is 448 g/mol. The van der Waals surface area contributed by atoms with Crippen LogP contribution in [0.25, 0.3) is 0 Å². The highest BCUT2D eigenvalue weighted by atomic mass is 16.1. The summed E-state index contributed by atoms with van der Waals surface area (Å²) in [5.41, 5.74) is 0. The average molecular weight is 449 g/mol. The Morgan fingerprint density at radius 1 is 0.938 bits per heavy atom. The van der Waals surface area contributed by atoms with Gasteiger partial charge in [0.25, 0.3) is 0 Å². The number of rotatable bonds is 20. The van der Waals surface area contributed by atoms with Gasteiger partial charge in [-0.3, -0.25) is 9.28 Å². The number of carbonyl (C=O) groups is 1. The first-order valence-corrected chi connectivity index (χ1v) is 13.9. The Kier molecular flexibility index (Phi) is 16.5. The van der Waals surface area contributed by atoms with E-state index >= 15 is 0 Å². The molecule has 4 heteroatoms. The third-order valence-electron chi connectivity index (χ3n) is 7.29. The number of unbranched alkanes of at least 4 members (excludes halogenated alkanes) is 13. The van der Waals surface area contributed by atoms with E-state index in [0.717, 1.165) is 24.0 Å². The molecule has 0 aromatic carbocycles. The molecule has 1 amide bonds. The number of hydrogen-bond acceptors (Lipinski definition) is 2. The summed E-state index contributed by atoms with van der Waals surface area (Å²) in [5.74, 6) is 0.0593. The molecular formula is C28H54N3O+. The first-order valence-electron chi connectivity index (χ1n) is 13.9. The Hall–Kier alpha value is -1.16. The first kappa shape index (κ1) is 28.9. The molecule has 0 aliphatic carbocycles. The molecule has 1 rings (SSSR count). The van der Waals surface area contributed by atoms with E-state index in [4.69, 9.17) is 4.99 Å². The molecule has 0 fully saturated rings. The molecule has 0 aromatic rings. The smallest absolute Gasteiger partial charge is 0.221 e. The predicted octanol–water partition coefficient (Wildman–Crippen LogP) is 7.53. The van der Waals surface area contributed by atoms with Crippen LogP contribution in [0.1, 0.15) is 130 Å². The molecule has 1 aliphatic heterocycles. The molecule has 3 atom stereocenters. The van der Waals surface area contributed by atoms with Crippen molar-refractivity contribution in [2.45, 2.75) is 143 Å². The van der Waals surface area contributed by atoms with Crippen LogP contribution in [-0.4, -0.2) is 42.0 Å². The van der Waals surface area contributed by atoms with Gasteiger partial charge < -0.3 is 5.32 Å². The molecule has 186 valence electrons. The van der Waals surface area contributed by atoms with Gasteiger partial charge >= 0.3 is 0 Å². The van der Waals surface area contributed by atoms with E-state index in [1.54, 1.807) is 6.92 Å². The van der Waals surface area contributed by atoms with Gasteiger partial charge in [-0.25, -0.2) is 4.99 Å². The molecule has 1 heterocycles. The van der Waals surface area contributed by atoms with Crippen LogP contribution in [0.2, 0.25) is 0 Å². The van der Waals surface area contributed by atoms with Crippen LogP contribution in [0.3, 0.4) is 0 Å². The summed E-state index contributed by atoms with van der Waals surface area (Å²) < 4.78 is 0.884. The van der Waals surface area contributed by atoms with E-state index in [-0.39, 0.29) is 12.1 Å². The number of nitrogens with zero attached hydrogens (tertiary/aromatic N) is 2. The molecule has 1 N–H and O–H groups in total. The summed E-state index contributed by atoms with van der Waals surface area (Å²) in [6.45, 7) is 10.2. The maximum absolute atomic E-state index is 11.5. The molecule has 0 saturated carbocycles. The van der Waals surface area contributed by atoms with Crippen molar-refractivity contribution in [2.24, 2.45) is 4.99 Å². The number of aliphatic imine (C=N–C) groups is 1. The molecule has 0 radical (unpaired) electrons. The maximum Gasteiger partial charge on any atom is 0.221 e. The number of nitrogens with one attached hydrogen (secondary N) is 1. The van der Waals surface area contributed by atoms with Crippen LogP contribution in [0, 0.1) is 0 Å². The molecule has 32 heavy (non-hydrogen) atoms. The molecule has 4 nitrogen and oxygen atoms in total. The van der Waals surface area contributed by atoms with E-state index in [0.29, 0.717) is 6.17 Å². The Morgan fingerprint density at radius 2 is 1.47 bits per heavy atom. The van der Waals surface area contributed by atoms with Gasteiger partial charge in [0.1, 0.15) is 6.54 Å². The zero-order chi connectivity index (χ0) is 23.5. The number of carbonyl (C=O) groups excluding carboxylic acids is 1. The van der Waals surface area contributed by atoms with Crippen molar-refractivity contribution < 1.29 is 9.28 Å². The van der Waals surface area contributed by atoms with E-state index in [2.05, 4.69) is 44.5 Å². The van der Waals surface area contributed by atoms with E-state index in [1.165, 1.54) is 96.3 Å². The SMILES string of the molecule is CCCC/C=C/CCCCCCCCCCCCCC1N=CC[N+]1(CC)C(C)NC(C)=O. The Labute approximate surface area is 199 Å². The van der Waals surface area contributed by atoms with E-state index in [9.17, 15) is 4.79 Å². The summed E-state index contributed by atoms with van der Waals surface area (Å²) in [6, 6.07) is 0. The van der Waals surface area contributed by atoms with Gasteiger partial charge in [0.05, 0.1) is 12.8 Å². The minimum absolute atomic E-state index is 0.0593. The normalized spacial score (nSPS) is 21.4. The van der Waals surface area contributed by atoms with Crippen molar-refractivity contribution in [3.8, 4) is 0 Å². The fourth-order valence-electron chi connectivity index (χ4n) is 5.10. The molecule has 0 bridgehead atoms. The van der Waals surface area contributed by atoms with Gasteiger partial charge in [-0.05, 0) is 32.6 Å². The van der Waals surface area contributed by atoms with Gasteiger partial charge in [-0.2, -0.15) is 0 Å². The van der Waals surface area contributed by atoms with Crippen molar-refractivity contribution in [3.63, 3.8) is 0 Å². The fraction of sp³-hybridized carbons (Fsp3) is 0.857. The lowest BCUT2D eigenvalue weighted by atomic mass is 10.0. The lowest BCUT2D eigenvalue weighted by molar-refractivity contribution is -0.959. The van der Waals surface area contributed by atoms with Crippen LogP contribution in [0.4, 0.5) is 0 Å². The zero-order valence-corrected chi connectivity index (χ0v) is 21.9. The van der Waals surface area contributed by atoms with Gasteiger partial charge in [0, 0.05) is 20.3 Å². The van der Waals surface area contributed by atoms with Crippen LogP contribution in [0.15, 0.2) is 17.1 Å². The molecule has 0 saturated heterocycles. The summed E-state index contributed by atoms with van der Waals surface area (Å²) in [6.07, 6.45) is 28.8. The van der Waals surface area contributed by atoms with Crippen LogP contribution in [0.5, 0.6) is 0 Å². The zero-order valence-electron chi connectivity index (χ0n) is 21.9. The quantitative estimate of drug-likeness (QED) is 0.117. The first-order chi connectivity index (χ1) is 15.6. The fourth-order valence-corrected chi connectivity index (χ4v) is 5.10. The number of allylic oxidation sites excluding steroid dienone is 2. The Balaban J connectivity index is 1.99. The van der Waals surface area contributed by atoms with Crippen molar-refractivity contribution in [1.82, 2.24) is 5.32 Å². The average Bonchev–Trinajstić information content (AvgIpc) is 3.19. The van der Waals surface area contributed by atoms with E-state index < -0.39 is 0 Å². The summed E-state index contributed by atoms with van der Waals surface area (Å²) in [7, 11) is 0. The van der Waals surface area contributed by atoms with Gasteiger partial charge in [0.2, 0.25) is 5.91 Å². The summed E-state index contributed by atoms with van der Waals surface area (Å²) >= 11 is 0. The summed E-state index contributed by atoms with van der Waals surface area (Å²) in [4.78, 5) is 16.3. The standard InChI is InChI=1S/C28H53N3O/c1-5-7-8-9-10-11-12-13-14-15-16-17-18-19-20-21-22-23-28-29-24-25-31(28,6-2)26(3)30-27(4)32/h9-10,24,26,28H,5-8,11-23,25H2,1-4H3/p+1/b10-9+. The number of amides is 1. The number of hydrogen-bond donors (Lipinski definition) is 1. The highest BCUT2D eigenvalue weighted by molar-refractivity contribution is 5.73. The maximum atomic E-state index is 11.5. The predicted molar refractivity (Wildman–Crippen MR) is 140 cm³/mol. The highest BCUT2D eigenvalue weighted by Crippen LogP contribution is 2.27. The molecule has 3 unspecified atom stereocenters. The van der Waals surface area contributed by atoms with Crippen molar-refractivity contribution >= 4 is 12.1 Å². The third-order valence-corrected chi connectivity index (χ3v) is 7.29. The molecular weight excluding hydrogens is 394 g/mol. The van der Waals surface area contributed by atoms with Crippen LogP contribution in [-0.2, 0) is 4.79 Å². The van der Waals surface area contributed by atoms with Gasteiger partial charge in [-0.1, -0.05) is 89.7 Å². The second-order valence-corrected chi connectivity index (χ2v) is 9.87. The minimum atomic E-state index is 0.0593. The second kappa shape index (κ2) is 18.3. The minimum Gasteiger partial charge on any atom is -0.307 e. The summed E-state index contributed by atoms with van der Waals surface area (Å²) in [5, 5.41) is 3.12. The largest absolute Gasteiger partial charge is 0.307 e. The Bertz CT molecular complexity index is 531. The van der Waals surface area contributed by atoms with Gasteiger partial charge in [-0.15, -0.1) is 0 Å². The topological polar surface area (TPSA) is 41.5 Å². The second-order valence-electron chi connectivity index (χ2n) is 9.87. The van der Waals surface area contributed by atoms with Crippen molar-refractivity contribution in [2.75, 3.05) is 13.1 Å². The van der Waals surface area contributed by atoms with Crippen LogP contribution < -0.4 is 5.32 Å².